The first kappa shape index (κ1) is 13.1. The summed E-state index contributed by atoms with van der Waals surface area (Å²) < 4.78 is 5.82. The predicted molar refractivity (Wildman–Crippen MR) is 74.9 cm³/mol. The molecule has 96 valence electrons. The molecule has 2 heterocycles. The monoisotopic (exact) mass is 262 g/mol. The lowest BCUT2D eigenvalue weighted by Crippen LogP contribution is -2.22. The van der Waals surface area contributed by atoms with Crippen molar-refractivity contribution < 1.29 is 4.74 Å². The van der Waals surface area contributed by atoms with Gasteiger partial charge in [0.25, 0.3) is 0 Å². The second-order valence-corrected chi connectivity index (χ2v) is 5.42. The van der Waals surface area contributed by atoms with Gasteiger partial charge in [-0.1, -0.05) is 19.9 Å². The second kappa shape index (κ2) is 6.52. The van der Waals surface area contributed by atoms with E-state index in [0.717, 1.165) is 17.9 Å². The Morgan fingerprint density at radius 2 is 2.28 bits per heavy atom. The molecule has 2 rings (SSSR count). The number of rotatable bonds is 6. The molecule has 0 spiro atoms. The number of pyridine rings is 1. The van der Waals surface area contributed by atoms with E-state index in [4.69, 9.17) is 4.74 Å². The summed E-state index contributed by atoms with van der Waals surface area (Å²) in [6, 6.07) is 6.57. The lowest BCUT2D eigenvalue weighted by molar-refractivity contribution is 0.304. The predicted octanol–water partition coefficient (Wildman–Crippen LogP) is 3.22. The Labute approximate surface area is 112 Å². The number of thiophene rings is 1. The molecule has 3 nitrogen and oxygen atoms in total. The highest BCUT2D eigenvalue weighted by molar-refractivity contribution is 7.09. The molecule has 0 atom stereocenters. The van der Waals surface area contributed by atoms with E-state index in [1.807, 2.05) is 12.1 Å². The lowest BCUT2D eigenvalue weighted by Gasteiger charge is -2.12. The molecular weight excluding hydrogens is 244 g/mol. The van der Waals surface area contributed by atoms with Gasteiger partial charge in [-0.25, -0.2) is 0 Å². The first-order valence-corrected chi connectivity index (χ1v) is 6.95. The van der Waals surface area contributed by atoms with E-state index < -0.39 is 0 Å². The van der Waals surface area contributed by atoms with Gasteiger partial charge in [0.1, 0.15) is 12.4 Å². The van der Waals surface area contributed by atoms with Crippen LogP contribution in [0.3, 0.4) is 0 Å². The van der Waals surface area contributed by atoms with Crippen LogP contribution in [0.2, 0.25) is 0 Å². The van der Waals surface area contributed by atoms with E-state index in [2.05, 4.69) is 35.6 Å². The largest absolute Gasteiger partial charge is 0.486 e. The maximum absolute atomic E-state index is 5.82. The minimum absolute atomic E-state index is 0.461. The number of aromatic nitrogens is 1. The fourth-order valence-electron chi connectivity index (χ4n) is 1.54. The Morgan fingerprint density at radius 3 is 3.00 bits per heavy atom. The summed E-state index contributed by atoms with van der Waals surface area (Å²) in [4.78, 5) is 5.35. The van der Waals surface area contributed by atoms with Gasteiger partial charge in [0.15, 0.2) is 0 Å². The van der Waals surface area contributed by atoms with Gasteiger partial charge in [-0.3, -0.25) is 4.98 Å². The van der Waals surface area contributed by atoms with Gasteiger partial charge in [0, 0.05) is 29.2 Å². The van der Waals surface area contributed by atoms with Gasteiger partial charge in [-0.15, -0.1) is 11.3 Å². The van der Waals surface area contributed by atoms with Gasteiger partial charge in [0.05, 0.1) is 6.20 Å². The van der Waals surface area contributed by atoms with Crippen LogP contribution in [0.1, 0.15) is 24.3 Å². The summed E-state index contributed by atoms with van der Waals surface area (Å²) >= 11 is 1.71. The Balaban J connectivity index is 1.98. The molecule has 2 aromatic rings. The van der Waals surface area contributed by atoms with Crippen molar-refractivity contribution in [2.24, 2.45) is 0 Å². The molecular formula is C14H18N2OS. The highest BCUT2D eigenvalue weighted by atomic mass is 32.1. The third kappa shape index (κ3) is 3.82. The Hall–Kier alpha value is -1.39. The van der Waals surface area contributed by atoms with Crippen molar-refractivity contribution in [1.82, 2.24) is 10.3 Å². The van der Waals surface area contributed by atoms with Gasteiger partial charge < -0.3 is 10.1 Å². The van der Waals surface area contributed by atoms with Crippen molar-refractivity contribution >= 4 is 11.3 Å². The molecule has 0 bridgehead atoms. The summed E-state index contributed by atoms with van der Waals surface area (Å²) in [7, 11) is 0. The number of nitrogens with one attached hydrogen (secondary N) is 1. The average Bonchev–Trinajstić information content (AvgIpc) is 2.88. The number of ether oxygens (including phenoxy) is 1. The summed E-state index contributed by atoms with van der Waals surface area (Å²) in [5.74, 6) is 0.860. The lowest BCUT2D eigenvalue weighted by atomic mass is 10.2. The van der Waals surface area contributed by atoms with Crippen LogP contribution in [0.15, 0.2) is 36.0 Å². The zero-order valence-corrected chi connectivity index (χ0v) is 11.5. The molecule has 0 saturated carbocycles. The number of hydrogen-bond donors (Lipinski definition) is 1. The van der Waals surface area contributed by atoms with Gasteiger partial charge in [-0.05, 0) is 17.5 Å². The normalized spacial score (nSPS) is 10.8. The minimum Gasteiger partial charge on any atom is -0.486 e. The molecule has 0 fully saturated rings. The molecule has 18 heavy (non-hydrogen) atoms. The quantitative estimate of drug-likeness (QED) is 0.868. The van der Waals surface area contributed by atoms with Crippen molar-refractivity contribution in [2.45, 2.75) is 33.0 Å². The maximum Gasteiger partial charge on any atom is 0.142 e. The van der Waals surface area contributed by atoms with Crippen molar-refractivity contribution in [3.8, 4) is 5.75 Å². The Morgan fingerprint density at radius 1 is 1.39 bits per heavy atom. The van der Waals surface area contributed by atoms with E-state index in [0.29, 0.717) is 12.6 Å². The smallest absolute Gasteiger partial charge is 0.142 e. The molecule has 0 aromatic carbocycles. The van der Waals surface area contributed by atoms with Crippen LogP contribution < -0.4 is 10.1 Å². The van der Waals surface area contributed by atoms with Crippen molar-refractivity contribution in [2.75, 3.05) is 0 Å². The molecule has 0 aliphatic heterocycles. The average molecular weight is 262 g/mol. The van der Waals surface area contributed by atoms with E-state index in [1.54, 1.807) is 23.7 Å². The van der Waals surface area contributed by atoms with Crippen molar-refractivity contribution in [3.05, 3.63) is 46.4 Å². The SMILES string of the molecule is CC(C)NCc1ccncc1OCc1cccs1. The first-order valence-electron chi connectivity index (χ1n) is 6.07. The number of hydrogen-bond acceptors (Lipinski definition) is 4. The van der Waals surface area contributed by atoms with E-state index in [-0.39, 0.29) is 0 Å². The van der Waals surface area contributed by atoms with Crippen molar-refractivity contribution in [3.63, 3.8) is 0 Å². The van der Waals surface area contributed by atoms with Gasteiger partial charge >= 0.3 is 0 Å². The molecule has 0 unspecified atom stereocenters. The van der Waals surface area contributed by atoms with Crippen LogP contribution in [0.25, 0.3) is 0 Å². The third-order valence-corrected chi connectivity index (χ3v) is 3.37. The zero-order chi connectivity index (χ0) is 12.8. The summed E-state index contributed by atoms with van der Waals surface area (Å²) in [5.41, 5.74) is 1.15. The molecule has 4 heteroatoms. The fraction of sp³-hybridized carbons (Fsp3) is 0.357. The maximum atomic E-state index is 5.82. The highest BCUT2D eigenvalue weighted by Crippen LogP contribution is 2.19. The van der Waals surface area contributed by atoms with Crippen LogP contribution >= 0.6 is 11.3 Å². The minimum atomic E-state index is 0.461. The van der Waals surface area contributed by atoms with Crippen LogP contribution in [0.4, 0.5) is 0 Å². The van der Waals surface area contributed by atoms with Crippen LogP contribution in [-0.2, 0) is 13.2 Å². The van der Waals surface area contributed by atoms with E-state index in [9.17, 15) is 0 Å². The summed E-state index contributed by atoms with van der Waals surface area (Å²) in [5, 5.41) is 5.45. The third-order valence-electron chi connectivity index (χ3n) is 2.52. The molecule has 2 aromatic heterocycles. The molecule has 0 saturated heterocycles. The summed E-state index contributed by atoms with van der Waals surface area (Å²) in [6.45, 7) is 5.68. The number of nitrogens with zero attached hydrogens (tertiary/aromatic N) is 1. The van der Waals surface area contributed by atoms with Crippen molar-refractivity contribution in [1.29, 1.82) is 0 Å². The highest BCUT2D eigenvalue weighted by Gasteiger charge is 2.05. The van der Waals surface area contributed by atoms with Crippen LogP contribution in [-0.4, -0.2) is 11.0 Å². The molecule has 1 N–H and O–H groups in total. The van der Waals surface area contributed by atoms with Gasteiger partial charge in [-0.2, -0.15) is 0 Å². The summed E-state index contributed by atoms with van der Waals surface area (Å²) in [6.07, 6.45) is 3.58. The Bertz CT molecular complexity index is 468. The molecule has 0 amide bonds. The Kier molecular flexibility index (Phi) is 4.73. The standard InChI is InChI=1S/C14H18N2OS/c1-11(2)16-8-12-5-6-15-9-14(12)17-10-13-4-3-7-18-13/h3-7,9,11,16H,8,10H2,1-2H3. The first-order chi connectivity index (χ1) is 8.75. The van der Waals surface area contributed by atoms with E-state index in [1.165, 1.54) is 4.88 Å². The van der Waals surface area contributed by atoms with Crippen LogP contribution in [0.5, 0.6) is 5.75 Å². The van der Waals surface area contributed by atoms with Gasteiger partial charge in [0.2, 0.25) is 0 Å². The zero-order valence-electron chi connectivity index (χ0n) is 10.7. The van der Waals surface area contributed by atoms with Crippen LogP contribution in [0, 0.1) is 0 Å². The molecule has 0 radical (unpaired) electrons. The fourth-order valence-corrected chi connectivity index (χ4v) is 2.16. The molecule has 0 aliphatic carbocycles. The topological polar surface area (TPSA) is 34.2 Å². The molecule has 0 aliphatic rings. The van der Waals surface area contributed by atoms with E-state index >= 15 is 0 Å². The second-order valence-electron chi connectivity index (χ2n) is 4.39.